The molecule has 0 rings (SSSR count). The van der Waals surface area contributed by atoms with Crippen LogP contribution in [0.5, 0.6) is 0 Å². The zero-order chi connectivity index (χ0) is 7.28. The van der Waals surface area contributed by atoms with E-state index in [9.17, 15) is 0 Å². The molecule has 0 aliphatic carbocycles. The fourth-order valence-corrected chi connectivity index (χ4v) is 0.591. The highest BCUT2D eigenvalue weighted by atomic mass is 16.3. The number of hydrogen-bond donors (Lipinski definition) is 3. The van der Waals surface area contributed by atoms with Crippen molar-refractivity contribution in [2.45, 2.75) is 31.9 Å². The first-order chi connectivity index (χ1) is 4.20. The number of nitrogens with two attached hydrogens (primary N) is 1. The molecular formula is C6H15NO2. The summed E-state index contributed by atoms with van der Waals surface area (Å²) in [5.74, 6) is 0. The molecule has 0 radical (unpaired) electrons. The van der Waals surface area contributed by atoms with Gasteiger partial charge in [-0.15, -0.1) is 0 Å². The molecule has 0 saturated heterocycles. The standard InChI is InChI=1S/C6H15NO2/c1-2-6(9)3-5(7)4-8/h5-6,8-9H,2-4,7H2,1H3/t5-,6-/m1/s1. The summed E-state index contributed by atoms with van der Waals surface area (Å²) in [6, 6.07) is -0.264. The summed E-state index contributed by atoms with van der Waals surface area (Å²) in [5, 5.41) is 17.4. The maximum Gasteiger partial charge on any atom is 0.0583 e. The van der Waals surface area contributed by atoms with Gasteiger partial charge in [-0.25, -0.2) is 0 Å². The predicted octanol–water partition coefficient (Wildman–Crippen LogP) is -0.533. The molecule has 0 aromatic rings. The Morgan fingerprint density at radius 1 is 1.56 bits per heavy atom. The van der Waals surface area contributed by atoms with Crippen LogP contribution in [0.2, 0.25) is 0 Å². The SMILES string of the molecule is CC[C@@H](O)C[C@@H](N)CO. The quantitative estimate of drug-likeness (QED) is 0.483. The van der Waals surface area contributed by atoms with Crippen molar-refractivity contribution in [2.75, 3.05) is 6.61 Å². The van der Waals surface area contributed by atoms with Gasteiger partial charge in [0.25, 0.3) is 0 Å². The lowest BCUT2D eigenvalue weighted by Crippen LogP contribution is -2.29. The summed E-state index contributed by atoms with van der Waals surface area (Å²) in [6.07, 6.45) is 0.841. The van der Waals surface area contributed by atoms with Crippen molar-refractivity contribution in [1.29, 1.82) is 0 Å². The van der Waals surface area contributed by atoms with E-state index in [1.54, 1.807) is 0 Å². The summed E-state index contributed by atoms with van der Waals surface area (Å²) in [4.78, 5) is 0. The molecule has 0 spiro atoms. The fraction of sp³-hybridized carbons (Fsp3) is 1.00. The summed E-state index contributed by atoms with van der Waals surface area (Å²) in [5.41, 5.74) is 5.34. The molecule has 3 heteroatoms. The van der Waals surface area contributed by atoms with Crippen LogP contribution in [0.25, 0.3) is 0 Å². The third kappa shape index (κ3) is 4.39. The fourth-order valence-electron chi connectivity index (χ4n) is 0.591. The molecular weight excluding hydrogens is 118 g/mol. The minimum atomic E-state index is -0.354. The first-order valence-corrected chi connectivity index (χ1v) is 3.25. The van der Waals surface area contributed by atoms with Gasteiger partial charge in [-0.05, 0) is 12.8 Å². The molecule has 0 aliphatic heterocycles. The van der Waals surface area contributed by atoms with Gasteiger partial charge in [0, 0.05) is 6.04 Å². The van der Waals surface area contributed by atoms with Crippen LogP contribution in [-0.4, -0.2) is 29.0 Å². The van der Waals surface area contributed by atoms with E-state index in [1.807, 2.05) is 6.92 Å². The van der Waals surface area contributed by atoms with Gasteiger partial charge in [0.05, 0.1) is 12.7 Å². The van der Waals surface area contributed by atoms with Crippen LogP contribution in [-0.2, 0) is 0 Å². The molecule has 4 N–H and O–H groups in total. The van der Waals surface area contributed by atoms with E-state index >= 15 is 0 Å². The van der Waals surface area contributed by atoms with Crippen LogP contribution >= 0.6 is 0 Å². The van der Waals surface area contributed by atoms with Gasteiger partial charge in [-0.1, -0.05) is 6.92 Å². The van der Waals surface area contributed by atoms with Gasteiger partial charge >= 0.3 is 0 Å². The predicted molar refractivity (Wildman–Crippen MR) is 36.0 cm³/mol. The summed E-state index contributed by atoms with van der Waals surface area (Å²) < 4.78 is 0. The number of aliphatic hydroxyl groups excluding tert-OH is 2. The molecule has 56 valence electrons. The minimum Gasteiger partial charge on any atom is -0.395 e. The van der Waals surface area contributed by atoms with Crippen molar-refractivity contribution in [3.05, 3.63) is 0 Å². The Hall–Kier alpha value is -0.120. The second-order valence-electron chi connectivity index (χ2n) is 2.24. The smallest absolute Gasteiger partial charge is 0.0583 e. The van der Waals surface area contributed by atoms with Crippen molar-refractivity contribution >= 4 is 0 Å². The first-order valence-electron chi connectivity index (χ1n) is 3.25. The third-order valence-electron chi connectivity index (χ3n) is 1.28. The molecule has 0 unspecified atom stereocenters. The molecule has 2 atom stereocenters. The number of hydrogen-bond acceptors (Lipinski definition) is 3. The molecule has 0 aliphatic rings. The molecule has 0 saturated carbocycles. The third-order valence-corrected chi connectivity index (χ3v) is 1.28. The van der Waals surface area contributed by atoms with Gasteiger partial charge in [-0.2, -0.15) is 0 Å². The molecule has 0 bridgehead atoms. The number of aliphatic hydroxyl groups is 2. The van der Waals surface area contributed by atoms with Gasteiger partial charge in [0.2, 0.25) is 0 Å². The summed E-state index contributed by atoms with van der Waals surface area (Å²) >= 11 is 0. The lowest BCUT2D eigenvalue weighted by molar-refractivity contribution is 0.135. The van der Waals surface area contributed by atoms with Crippen LogP contribution in [0.15, 0.2) is 0 Å². The Bertz CT molecular complexity index is 60.1. The van der Waals surface area contributed by atoms with Gasteiger partial charge < -0.3 is 15.9 Å². The Labute approximate surface area is 55.5 Å². The zero-order valence-corrected chi connectivity index (χ0v) is 5.75. The van der Waals surface area contributed by atoms with E-state index in [2.05, 4.69) is 0 Å². The molecule has 0 amide bonds. The van der Waals surface area contributed by atoms with Crippen molar-refractivity contribution < 1.29 is 10.2 Å². The van der Waals surface area contributed by atoms with E-state index in [4.69, 9.17) is 15.9 Å². The Kier molecular flexibility index (Phi) is 4.67. The van der Waals surface area contributed by atoms with Gasteiger partial charge in [0.1, 0.15) is 0 Å². The van der Waals surface area contributed by atoms with E-state index in [1.165, 1.54) is 0 Å². The average molecular weight is 133 g/mol. The van der Waals surface area contributed by atoms with E-state index in [-0.39, 0.29) is 18.8 Å². The topological polar surface area (TPSA) is 66.5 Å². The Morgan fingerprint density at radius 2 is 2.11 bits per heavy atom. The van der Waals surface area contributed by atoms with Gasteiger partial charge in [0.15, 0.2) is 0 Å². The highest BCUT2D eigenvalue weighted by Gasteiger charge is 2.06. The summed E-state index contributed by atoms with van der Waals surface area (Å²) in [6.45, 7) is 1.84. The van der Waals surface area contributed by atoms with E-state index in [0.29, 0.717) is 12.8 Å². The zero-order valence-electron chi connectivity index (χ0n) is 5.75. The highest BCUT2D eigenvalue weighted by molar-refractivity contribution is 4.64. The van der Waals surface area contributed by atoms with Crippen molar-refractivity contribution in [3.8, 4) is 0 Å². The minimum absolute atomic E-state index is 0.0446. The normalized spacial score (nSPS) is 17.3. The first kappa shape index (κ1) is 8.88. The molecule has 0 heterocycles. The number of rotatable bonds is 4. The van der Waals surface area contributed by atoms with Crippen molar-refractivity contribution in [2.24, 2.45) is 5.73 Å². The van der Waals surface area contributed by atoms with Crippen molar-refractivity contribution in [1.82, 2.24) is 0 Å². The van der Waals surface area contributed by atoms with Crippen molar-refractivity contribution in [3.63, 3.8) is 0 Å². The maximum absolute atomic E-state index is 8.97. The molecule has 0 aromatic heterocycles. The summed E-state index contributed by atoms with van der Waals surface area (Å²) in [7, 11) is 0. The molecule has 0 aromatic carbocycles. The average Bonchev–Trinajstić information content (AvgIpc) is 1.87. The highest BCUT2D eigenvalue weighted by Crippen LogP contribution is 1.98. The van der Waals surface area contributed by atoms with E-state index < -0.39 is 0 Å². The Balaban J connectivity index is 3.22. The lowest BCUT2D eigenvalue weighted by Gasteiger charge is -2.11. The van der Waals surface area contributed by atoms with E-state index in [0.717, 1.165) is 0 Å². The van der Waals surface area contributed by atoms with Crippen LogP contribution in [0.1, 0.15) is 19.8 Å². The molecule has 3 nitrogen and oxygen atoms in total. The van der Waals surface area contributed by atoms with Crippen LogP contribution in [0, 0.1) is 0 Å². The maximum atomic E-state index is 8.97. The second kappa shape index (κ2) is 4.73. The Morgan fingerprint density at radius 3 is 2.44 bits per heavy atom. The van der Waals surface area contributed by atoms with Crippen LogP contribution < -0.4 is 5.73 Å². The lowest BCUT2D eigenvalue weighted by atomic mass is 10.1. The largest absolute Gasteiger partial charge is 0.395 e. The van der Waals surface area contributed by atoms with Crippen LogP contribution in [0.3, 0.4) is 0 Å². The monoisotopic (exact) mass is 133 g/mol. The second-order valence-corrected chi connectivity index (χ2v) is 2.24. The van der Waals surface area contributed by atoms with Gasteiger partial charge in [-0.3, -0.25) is 0 Å². The molecule has 9 heavy (non-hydrogen) atoms. The van der Waals surface area contributed by atoms with Crippen LogP contribution in [0.4, 0.5) is 0 Å². The molecule has 0 fully saturated rings.